The Hall–Kier alpha value is -1.96. The molecule has 29 heavy (non-hydrogen) atoms. The van der Waals surface area contributed by atoms with E-state index in [1.54, 1.807) is 0 Å². The molecule has 3 rings (SSSR count). The number of carbonyl (C=O) groups excluding carboxylic acids is 2. The van der Waals surface area contributed by atoms with Crippen LogP contribution in [0.2, 0.25) is 0 Å². The smallest absolute Gasteiger partial charge is 0.236 e. The Morgan fingerprint density at radius 1 is 0.828 bits per heavy atom. The first kappa shape index (κ1) is 21.7. The molecule has 1 N–H and O–H groups in total. The molecule has 7 nitrogen and oxygen atoms in total. The molecule has 1 aromatic carbocycles. The lowest BCUT2D eigenvalue weighted by Crippen LogP contribution is -2.54. The maximum Gasteiger partial charge on any atom is 0.236 e. The molecule has 2 fully saturated rings. The first-order valence-electron chi connectivity index (χ1n) is 10.8. The lowest BCUT2D eigenvalue weighted by atomic mass is 10.2. The number of amides is 2. The van der Waals surface area contributed by atoms with Crippen LogP contribution < -0.4 is 5.32 Å². The largest absolute Gasteiger partial charge is 0.353 e. The fraction of sp³-hybridized carbons (Fsp3) is 0.636. The molecule has 2 heterocycles. The van der Waals surface area contributed by atoms with E-state index in [9.17, 15) is 9.59 Å². The van der Waals surface area contributed by atoms with Crippen LogP contribution in [0.4, 0.5) is 0 Å². The average molecular weight is 402 g/mol. The van der Waals surface area contributed by atoms with Gasteiger partial charge in [-0.1, -0.05) is 30.3 Å². The minimum absolute atomic E-state index is 0.0814. The van der Waals surface area contributed by atoms with Crippen molar-refractivity contribution in [2.45, 2.75) is 26.4 Å². The van der Waals surface area contributed by atoms with Crippen LogP contribution in [0.25, 0.3) is 0 Å². The minimum atomic E-state index is 0.0814. The van der Waals surface area contributed by atoms with Crippen molar-refractivity contribution in [3.63, 3.8) is 0 Å². The average Bonchev–Trinajstić information content (AvgIpc) is 2.70. The van der Waals surface area contributed by atoms with E-state index in [2.05, 4.69) is 44.3 Å². The Labute approximate surface area is 174 Å². The lowest BCUT2D eigenvalue weighted by Gasteiger charge is -2.38. The van der Waals surface area contributed by atoms with E-state index in [1.165, 1.54) is 5.56 Å². The quantitative estimate of drug-likeness (QED) is 0.720. The van der Waals surface area contributed by atoms with Gasteiger partial charge in [-0.05, 0) is 19.4 Å². The maximum atomic E-state index is 12.7. The minimum Gasteiger partial charge on any atom is -0.353 e. The predicted molar refractivity (Wildman–Crippen MR) is 114 cm³/mol. The van der Waals surface area contributed by atoms with E-state index < -0.39 is 0 Å². The monoisotopic (exact) mass is 401 g/mol. The second-order valence-electron chi connectivity index (χ2n) is 8.42. The third kappa shape index (κ3) is 7.10. The van der Waals surface area contributed by atoms with Gasteiger partial charge in [0.25, 0.3) is 0 Å². The normalized spacial score (nSPS) is 19.5. The Bertz CT molecular complexity index is 650. The van der Waals surface area contributed by atoms with Crippen LogP contribution >= 0.6 is 0 Å². The van der Waals surface area contributed by atoms with E-state index in [0.29, 0.717) is 13.1 Å². The van der Waals surface area contributed by atoms with Crippen molar-refractivity contribution in [2.75, 3.05) is 65.4 Å². The fourth-order valence-corrected chi connectivity index (χ4v) is 3.96. The highest BCUT2D eigenvalue weighted by Gasteiger charge is 2.25. The van der Waals surface area contributed by atoms with Gasteiger partial charge >= 0.3 is 0 Å². The molecule has 2 amide bonds. The van der Waals surface area contributed by atoms with Crippen molar-refractivity contribution in [3.8, 4) is 0 Å². The first-order chi connectivity index (χ1) is 14.0. The molecule has 0 saturated carbocycles. The number of carbonyl (C=O) groups is 2. The van der Waals surface area contributed by atoms with Crippen molar-refractivity contribution in [3.05, 3.63) is 35.9 Å². The fourth-order valence-electron chi connectivity index (χ4n) is 3.96. The van der Waals surface area contributed by atoms with E-state index in [1.807, 2.05) is 24.8 Å². The number of piperazine rings is 2. The van der Waals surface area contributed by atoms with Gasteiger partial charge < -0.3 is 10.2 Å². The van der Waals surface area contributed by atoms with Crippen LogP contribution in [-0.2, 0) is 16.1 Å². The van der Waals surface area contributed by atoms with Crippen molar-refractivity contribution >= 4 is 11.8 Å². The molecule has 0 atom stereocenters. The van der Waals surface area contributed by atoms with Gasteiger partial charge in [-0.2, -0.15) is 0 Å². The topological polar surface area (TPSA) is 59.1 Å². The Balaban J connectivity index is 1.34. The summed E-state index contributed by atoms with van der Waals surface area (Å²) in [6.07, 6.45) is 0. The first-order valence-corrected chi connectivity index (χ1v) is 10.8. The van der Waals surface area contributed by atoms with Crippen molar-refractivity contribution in [1.29, 1.82) is 0 Å². The number of hydrogen-bond acceptors (Lipinski definition) is 5. The number of nitrogens with one attached hydrogen (secondary N) is 1. The van der Waals surface area contributed by atoms with E-state index >= 15 is 0 Å². The van der Waals surface area contributed by atoms with Gasteiger partial charge in [-0.25, -0.2) is 0 Å². The lowest BCUT2D eigenvalue weighted by molar-refractivity contribution is -0.135. The second kappa shape index (κ2) is 10.7. The molecule has 0 aliphatic carbocycles. The predicted octanol–water partition coefficient (Wildman–Crippen LogP) is 0.473. The summed E-state index contributed by atoms with van der Waals surface area (Å²) >= 11 is 0. The summed E-state index contributed by atoms with van der Waals surface area (Å²) in [5.41, 5.74) is 1.33. The summed E-state index contributed by atoms with van der Waals surface area (Å²) < 4.78 is 0. The molecule has 2 aliphatic heterocycles. The van der Waals surface area contributed by atoms with Crippen molar-refractivity contribution < 1.29 is 9.59 Å². The molecule has 1 aromatic rings. The van der Waals surface area contributed by atoms with Crippen LogP contribution in [0.5, 0.6) is 0 Å². The summed E-state index contributed by atoms with van der Waals surface area (Å²) in [6.45, 7) is 12.7. The number of nitrogens with zero attached hydrogens (tertiary/aromatic N) is 4. The number of hydrogen-bond donors (Lipinski definition) is 1. The summed E-state index contributed by atoms with van der Waals surface area (Å²) in [7, 11) is 0. The van der Waals surface area contributed by atoms with Crippen LogP contribution in [0, 0.1) is 0 Å². The van der Waals surface area contributed by atoms with Gasteiger partial charge in [0.1, 0.15) is 0 Å². The number of benzene rings is 1. The van der Waals surface area contributed by atoms with Crippen LogP contribution in [0.1, 0.15) is 19.4 Å². The van der Waals surface area contributed by atoms with Crippen LogP contribution in [0.3, 0.4) is 0 Å². The summed E-state index contributed by atoms with van der Waals surface area (Å²) in [5.74, 6) is 0.313. The van der Waals surface area contributed by atoms with Crippen molar-refractivity contribution in [2.24, 2.45) is 0 Å². The van der Waals surface area contributed by atoms with Gasteiger partial charge in [0.15, 0.2) is 0 Å². The summed E-state index contributed by atoms with van der Waals surface area (Å²) in [5, 5.41) is 2.94. The zero-order valence-corrected chi connectivity index (χ0v) is 17.8. The molecule has 0 radical (unpaired) electrons. The summed E-state index contributed by atoms with van der Waals surface area (Å²) in [4.78, 5) is 33.4. The third-order valence-corrected chi connectivity index (χ3v) is 5.61. The molecule has 0 aromatic heterocycles. The molecule has 160 valence electrons. The molecule has 7 heteroatoms. The Morgan fingerprint density at radius 2 is 1.38 bits per heavy atom. The Kier molecular flexibility index (Phi) is 8.03. The molecule has 0 bridgehead atoms. The molecule has 0 spiro atoms. The van der Waals surface area contributed by atoms with Gasteiger partial charge in [-0.3, -0.25) is 24.3 Å². The molecular weight excluding hydrogens is 366 g/mol. The molecule has 2 saturated heterocycles. The zero-order chi connectivity index (χ0) is 20.6. The highest BCUT2D eigenvalue weighted by atomic mass is 16.2. The van der Waals surface area contributed by atoms with Crippen molar-refractivity contribution in [1.82, 2.24) is 24.9 Å². The zero-order valence-electron chi connectivity index (χ0n) is 17.8. The highest BCUT2D eigenvalue weighted by molar-refractivity contribution is 5.79. The SMILES string of the molecule is CC(C)NC(=O)CN1CCN(CC(=O)N2CCN(Cc3ccccc3)CC2)CC1. The number of rotatable bonds is 7. The highest BCUT2D eigenvalue weighted by Crippen LogP contribution is 2.09. The van der Waals surface area contributed by atoms with Gasteiger partial charge in [0.05, 0.1) is 13.1 Å². The Morgan fingerprint density at radius 3 is 1.97 bits per heavy atom. The van der Waals surface area contributed by atoms with Gasteiger partial charge in [0, 0.05) is 64.9 Å². The van der Waals surface area contributed by atoms with Gasteiger partial charge in [-0.15, -0.1) is 0 Å². The summed E-state index contributed by atoms with van der Waals surface area (Å²) in [6, 6.07) is 10.7. The van der Waals surface area contributed by atoms with Crippen LogP contribution in [-0.4, -0.2) is 103 Å². The standard InChI is InChI=1S/C22H35N5O2/c1-19(2)23-21(28)17-25-8-10-26(11-9-25)18-22(29)27-14-12-24(13-15-27)16-20-6-4-3-5-7-20/h3-7,19H,8-18H2,1-2H3,(H,23,28). The van der Waals surface area contributed by atoms with E-state index in [-0.39, 0.29) is 17.9 Å². The second-order valence-corrected chi connectivity index (χ2v) is 8.42. The molecular formula is C22H35N5O2. The van der Waals surface area contributed by atoms with Gasteiger partial charge in [0.2, 0.25) is 11.8 Å². The van der Waals surface area contributed by atoms with E-state index in [0.717, 1.165) is 58.9 Å². The third-order valence-electron chi connectivity index (χ3n) is 5.61. The maximum absolute atomic E-state index is 12.7. The molecule has 0 unspecified atom stereocenters. The molecule has 2 aliphatic rings. The van der Waals surface area contributed by atoms with E-state index in [4.69, 9.17) is 0 Å². The van der Waals surface area contributed by atoms with Crippen LogP contribution in [0.15, 0.2) is 30.3 Å².